The Kier molecular flexibility index (Phi) is 3.56. The van der Waals surface area contributed by atoms with E-state index in [1.165, 1.54) is 31.2 Å². The topological polar surface area (TPSA) is 81.3 Å². The molecule has 0 bridgehead atoms. The zero-order valence-electron chi connectivity index (χ0n) is 8.21. The molecule has 0 amide bonds. The van der Waals surface area contributed by atoms with Crippen LogP contribution in [0.4, 0.5) is 0 Å². The lowest BCUT2D eigenvalue weighted by Crippen LogP contribution is -2.25. The molecule has 0 spiro atoms. The van der Waals surface area contributed by atoms with Crippen LogP contribution >= 0.6 is 0 Å². The first-order valence-corrected chi connectivity index (χ1v) is 4.43. The van der Waals surface area contributed by atoms with Gasteiger partial charge >= 0.3 is 0 Å². The van der Waals surface area contributed by atoms with E-state index in [0.29, 0.717) is 11.1 Å². The van der Waals surface area contributed by atoms with E-state index in [4.69, 9.17) is 5.26 Å². The molecule has 78 valence electrons. The average molecular weight is 205 g/mol. The summed E-state index contributed by atoms with van der Waals surface area (Å²) in [7, 11) is 0. The fourth-order valence-corrected chi connectivity index (χ4v) is 1.16. The summed E-state index contributed by atoms with van der Waals surface area (Å²) in [5.41, 5.74) is 0.875. The number of nitriles is 1. The van der Waals surface area contributed by atoms with Crippen molar-refractivity contribution in [2.75, 3.05) is 0 Å². The second kappa shape index (κ2) is 4.69. The van der Waals surface area contributed by atoms with E-state index < -0.39 is 18.0 Å². The van der Waals surface area contributed by atoms with Crippen LogP contribution in [0, 0.1) is 11.3 Å². The van der Waals surface area contributed by atoms with E-state index in [1.807, 2.05) is 6.07 Å². The van der Waals surface area contributed by atoms with Gasteiger partial charge in [0, 0.05) is 0 Å². The van der Waals surface area contributed by atoms with Gasteiger partial charge in [-0.15, -0.1) is 0 Å². The van der Waals surface area contributed by atoms with Crippen LogP contribution in [0.5, 0.6) is 0 Å². The SMILES string of the molecule is CC(=O)[C@@H](O)[C@H](O)c1ccc(C#N)cc1. The molecule has 2 atom stereocenters. The summed E-state index contributed by atoms with van der Waals surface area (Å²) in [6.45, 7) is 1.21. The summed E-state index contributed by atoms with van der Waals surface area (Å²) < 4.78 is 0. The zero-order valence-corrected chi connectivity index (χ0v) is 8.21. The third kappa shape index (κ3) is 2.62. The van der Waals surface area contributed by atoms with Crippen molar-refractivity contribution in [1.82, 2.24) is 0 Å². The molecule has 0 radical (unpaired) electrons. The fraction of sp³-hybridized carbons (Fsp3) is 0.273. The van der Waals surface area contributed by atoms with Gasteiger partial charge in [-0.05, 0) is 24.6 Å². The Bertz CT molecular complexity index is 391. The first kappa shape index (κ1) is 11.4. The Hall–Kier alpha value is -1.70. The molecular weight excluding hydrogens is 194 g/mol. The molecule has 4 heteroatoms. The minimum Gasteiger partial charge on any atom is -0.385 e. The number of nitrogens with zero attached hydrogens (tertiary/aromatic N) is 1. The minimum absolute atomic E-state index is 0.414. The van der Waals surface area contributed by atoms with Crippen LogP contribution in [-0.2, 0) is 4.79 Å². The van der Waals surface area contributed by atoms with E-state index >= 15 is 0 Å². The van der Waals surface area contributed by atoms with E-state index in [-0.39, 0.29) is 0 Å². The summed E-state index contributed by atoms with van der Waals surface area (Å²) in [4.78, 5) is 10.8. The normalized spacial score (nSPS) is 14.0. The smallest absolute Gasteiger partial charge is 0.161 e. The molecule has 0 aliphatic carbocycles. The van der Waals surface area contributed by atoms with E-state index in [2.05, 4.69) is 0 Å². The van der Waals surface area contributed by atoms with Gasteiger partial charge in [0.2, 0.25) is 0 Å². The zero-order chi connectivity index (χ0) is 11.4. The van der Waals surface area contributed by atoms with Crippen molar-refractivity contribution in [2.45, 2.75) is 19.1 Å². The monoisotopic (exact) mass is 205 g/mol. The molecule has 0 aliphatic heterocycles. The van der Waals surface area contributed by atoms with Crippen molar-refractivity contribution in [3.63, 3.8) is 0 Å². The second-order valence-electron chi connectivity index (χ2n) is 3.23. The lowest BCUT2D eigenvalue weighted by molar-refractivity contribution is -0.130. The maximum absolute atomic E-state index is 10.8. The van der Waals surface area contributed by atoms with Gasteiger partial charge in [0.1, 0.15) is 12.2 Å². The third-order valence-electron chi connectivity index (χ3n) is 2.10. The number of hydrogen-bond acceptors (Lipinski definition) is 4. The van der Waals surface area contributed by atoms with Crippen molar-refractivity contribution in [3.05, 3.63) is 35.4 Å². The summed E-state index contributed by atoms with van der Waals surface area (Å²) in [6.07, 6.45) is -2.66. The highest BCUT2D eigenvalue weighted by Crippen LogP contribution is 2.17. The summed E-state index contributed by atoms with van der Waals surface area (Å²) >= 11 is 0. The number of aliphatic hydroxyl groups is 2. The Labute approximate surface area is 87.4 Å². The molecule has 0 unspecified atom stereocenters. The van der Waals surface area contributed by atoms with Crippen LogP contribution in [0.1, 0.15) is 24.2 Å². The molecule has 15 heavy (non-hydrogen) atoms. The number of hydrogen-bond donors (Lipinski definition) is 2. The van der Waals surface area contributed by atoms with Crippen molar-refractivity contribution >= 4 is 5.78 Å². The average Bonchev–Trinajstić information content (AvgIpc) is 2.27. The molecule has 1 aromatic carbocycles. The second-order valence-corrected chi connectivity index (χ2v) is 3.23. The molecule has 0 fully saturated rings. The molecule has 2 N–H and O–H groups in total. The minimum atomic E-state index is -1.42. The first-order chi connectivity index (χ1) is 7.06. The van der Waals surface area contributed by atoms with Crippen LogP contribution in [-0.4, -0.2) is 22.1 Å². The molecular formula is C11H11NO3. The molecule has 1 aromatic rings. The predicted molar refractivity (Wildman–Crippen MR) is 52.8 cm³/mol. The highest BCUT2D eigenvalue weighted by Gasteiger charge is 2.21. The third-order valence-corrected chi connectivity index (χ3v) is 2.10. The van der Waals surface area contributed by atoms with Crippen LogP contribution in [0.25, 0.3) is 0 Å². The van der Waals surface area contributed by atoms with Gasteiger partial charge < -0.3 is 10.2 Å². The number of carbonyl (C=O) groups excluding carboxylic acids is 1. The van der Waals surface area contributed by atoms with Crippen LogP contribution in [0.15, 0.2) is 24.3 Å². The lowest BCUT2D eigenvalue weighted by atomic mass is 10.0. The van der Waals surface area contributed by atoms with Gasteiger partial charge in [-0.1, -0.05) is 12.1 Å². The van der Waals surface area contributed by atoms with Crippen LogP contribution in [0.2, 0.25) is 0 Å². The van der Waals surface area contributed by atoms with Crippen molar-refractivity contribution in [1.29, 1.82) is 5.26 Å². The maximum Gasteiger partial charge on any atom is 0.161 e. The largest absolute Gasteiger partial charge is 0.385 e. The summed E-state index contributed by atoms with van der Waals surface area (Å²) in [5, 5.41) is 27.4. The molecule has 0 aromatic heterocycles. The standard InChI is InChI=1S/C11H11NO3/c1-7(13)10(14)11(15)9-4-2-8(6-12)3-5-9/h2-5,10-11,14-15H,1H3/t10-,11-/m1/s1. The van der Waals surface area contributed by atoms with Gasteiger partial charge in [0.25, 0.3) is 0 Å². The number of benzene rings is 1. The number of carbonyl (C=O) groups is 1. The molecule has 0 saturated carbocycles. The Morgan fingerprint density at radius 2 is 1.87 bits per heavy atom. The van der Waals surface area contributed by atoms with Crippen molar-refractivity contribution < 1.29 is 15.0 Å². The highest BCUT2D eigenvalue weighted by molar-refractivity contribution is 5.81. The van der Waals surface area contributed by atoms with Crippen molar-refractivity contribution in [3.8, 4) is 6.07 Å². The van der Waals surface area contributed by atoms with E-state index in [9.17, 15) is 15.0 Å². The number of aliphatic hydroxyl groups excluding tert-OH is 2. The Morgan fingerprint density at radius 3 is 2.27 bits per heavy atom. The quantitative estimate of drug-likeness (QED) is 0.754. The van der Waals surface area contributed by atoms with Gasteiger partial charge in [-0.3, -0.25) is 4.79 Å². The molecule has 0 aliphatic rings. The molecule has 4 nitrogen and oxygen atoms in total. The maximum atomic E-state index is 10.8. The Morgan fingerprint density at radius 1 is 1.33 bits per heavy atom. The predicted octanol–water partition coefficient (Wildman–Crippen LogP) is 0.542. The summed E-state index contributed by atoms with van der Waals surface area (Å²) in [5.74, 6) is -0.494. The number of Topliss-reactive ketones (excluding diaryl/α,β-unsaturated/α-hetero) is 1. The molecule has 0 heterocycles. The first-order valence-electron chi connectivity index (χ1n) is 4.43. The molecule has 0 saturated heterocycles. The van der Waals surface area contributed by atoms with Crippen LogP contribution < -0.4 is 0 Å². The number of ketones is 1. The van der Waals surface area contributed by atoms with Crippen molar-refractivity contribution in [2.24, 2.45) is 0 Å². The number of rotatable bonds is 3. The van der Waals surface area contributed by atoms with Gasteiger partial charge in [0.05, 0.1) is 11.6 Å². The van der Waals surface area contributed by atoms with Crippen LogP contribution in [0.3, 0.4) is 0 Å². The van der Waals surface area contributed by atoms with Gasteiger partial charge in [-0.2, -0.15) is 5.26 Å². The highest BCUT2D eigenvalue weighted by atomic mass is 16.3. The van der Waals surface area contributed by atoms with Gasteiger partial charge in [-0.25, -0.2) is 0 Å². The molecule has 1 rings (SSSR count). The van der Waals surface area contributed by atoms with Gasteiger partial charge in [0.15, 0.2) is 5.78 Å². The van der Waals surface area contributed by atoms with E-state index in [1.54, 1.807) is 0 Å². The Balaban J connectivity index is 2.88. The summed E-state index contributed by atoms with van der Waals surface area (Å²) in [6, 6.07) is 7.99. The van der Waals surface area contributed by atoms with E-state index in [0.717, 1.165) is 0 Å². The fourth-order valence-electron chi connectivity index (χ4n) is 1.16. The lowest BCUT2D eigenvalue weighted by Gasteiger charge is -2.15.